The molecule has 0 atom stereocenters. The van der Waals surface area contributed by atoms with Gasteiger partial charge in [-0.05, 0) is 53.6 Å². The lowest BCUT2D eigenvalue weighted by Gasteiger charge is -2.16. The van der Waals surface area contributed by atoms with Gasteiger partial charge in [-0.15, -0.1) is 0 Å². The van der Waals surface area contributed by atoms with Gasteiger partial charge in [-0.1, -0.05) is 30.3 Å². The number of hydrazone groups is 1. The van der Waals surface area contributed by atoms with Crippen LogP contribution in [0, 0.1) is 0 Å². The van der Waals surface area contributed by atoms with Crippen molar-refractivity contribution >= 4 is 32.9 Å². The lowest BCUT2D eigenvalue weighted by molar-refractivity contribution is -0.121. The molecule has 1 amide bonds. The van der Waals surface area contributed by atoms with Crippen molar-refractivity contribution < 1.29 is 23.1 Å². The van der Waals surface area contributed by atoms with Gasteiger partial charge < -0.3 is 9.84 Å². The SMILES string of the molecule is CCOc1cc(C=NNC(=O)CN(C)S(=O)(=O)c2ccc3ccccc3c2)ccc1O. The van der Waals surface area contributed by atoms with Gasteiger partial charge in [0.2, 0.25) is 10.0 Å². The van der Waals surface area contributed by atoms with Crippen LogP contribution < -0.4 is 10.2 Å². The van der Waals surface area contributed by atoms with Crippen molar-refractivity contribution in [3.8, 4) is 11.5 Å². The van der Waals surface area contributed by atoms with E-state index in [-0.39, 0.29) is 10.6 Å². The Morgan fingerprint density at radius 3 is 2.61 bits per heavy atom. The molecule has 162 valence electrons. The summed E-state index contributed by atoms with van der Waals surface area (Å²) in [6, 6.07) is 16.9. The summed E-state index contributed by atoms with van der Waals surface area (Å²) in [5.41, 5.74) is 2.90. The van der Waals surface area contributed by atoms with E-state index in [0.29, 0.717) is 17.9 Å². The minimum atomic E-state index is -3.84. The van der Waals surface area contributed by atoms with Crippen molar-refractivity contribution in [2.45, 2.75) is 11.8 Å². The van der Waals surface area contributed by atoms with Gasteiger partial charge in [-0.3, -0.25) is 4.79 Å². The third-order valence-corrected chi connectivity index (χ3v) is 6.28. The highest BCUT2D eigenvalue weighted by Gasteiger charge is 2.23. The van der Waals surface area contributed by atoms with Gasteiger partial charge >= 0.3 is 0 Å². The molecule has 0 aliphatic carbocycles. The normalized spacial score (nSPS) is 11.8. The van der Waals surface area contributed by atoms with E-state index in [0.717, 1.165) is 15.1 Å². The molecule has 3 aromatic rings. The lowest BCUT2D eigenvalue weighted by Crippen LogP contribution is -2.36. The third-order valence-electron chi connectivity index (χ3n) is 4.48. The predicted molar refractivity (Wildman–Crippen MR) is 119 cm³/mol. The molecule has 0 fully saturated rings. The Hall–Kier alpha value is -3.43. The van der Waals surface area contributed by atoms with Crippen LogP contribution in [-0.2, 0) is 14.8 Å². The zero-order valence-corrected chi connectivity index (χ0v) is 18.0. The van der Waals surface area contributed by atoms with Crippen molar-refractivity contribution in [3.63, 3.8) is 0 Å². The number of hydrogen-bond donors (Lipinski definition) is 2. The van der Waals surface area contributed by atoms with E-state index in [1.165, 1.54) is 25.4 Å². The molecular formula is C22H23N3O5S. The second kappa shape index (κ2) is 9.59. The Morgan fingerprint density at radius 2 is 1.87 bits per heavy atom. The Bertz CT molecular complexity index is 1220. The predicted octanol–water partition coefficient (Wildman–Crippen LogP) is 2.71. The number of carbonyl (C=O) groups is 1. The number of carbonyl (C=O) groups excluding carboxylic acids is 1. The van der Waals surface area contributed by atoms with Crippen LogP contribution >= 0.6 is 0 Å². The summed E-state index contributed by atoms with van der Waals surface area (Å²) in [5.74, 6) is -0.283. The van der Waals surface area contributed by atoms with Gasteiger partial charge in [0.25, 0.3) is 5.91 Å². The minimum Gasteiger partial charge on any atom is -0.504 e. The molecule has 0 unspecified atom stereocenters. The van der Waals surface area contributed by atoms with Crippen molar-refractivity contribution in [2.75, 3.05) is 20.2 Å². The number of likely N-dealkylation sites (N-methyl/N-ethyl adjacent to an activating group) is 1. The Morgan fingerprint density at radius 1 is 1.13 bits per heavy atom. The molecule has 0 spiro atoms. The fourth-order valence-corrected chi connectivity index (χ4v) is 4.05. The molecule has 31 heavy (non-hydrogen) atoms. The van der Waals surface area contributed by atoms with Crippen LogP contribution in [0.4, 0.5) is 0 Å². The van der Waals surface area contributed by atoms with Crippen LogP contribution in [0.3, 0.4) is 0 Å². The van der Waals surface area contributed by atoms with Crippen LogP contribution in [0.25, 0.3) is 10.8 Å². The number of sulfonamides is 1. The van der Waals surface area contributed by atoms with Gasteiger partial charge in [0.1, 0.15) is 0 Å². The topological polar surface area (TPSA) is 108 Å². The molecule has 8 nitrogen and oxygen atoms in total. The highest BCUT2D eigenvalue weighted by atomic mass is 32.2. The average molecular weight is 442 g/mol. The van der Waals surface area contributed by atoms with Gasteiger partial charge in [0.15, 0.2) is 11.5 Å². The second-order valence-electron chi connectivity index (χ2n) is 6.72. The number of nitrogens with zero attached hydrogens (tertiary/aromatic N) is 2. The standard InChI is InChI=1S/C22H23N3O5S/c1-3-30-21-12-16(8-11-20(21)26)14-23-24-22(27)15-25(2)31(28,29)19-10-9-17-6-4-5-7-18(17)13-19/h4-14,26H,3,15H2,1-2H3,(H,24,27). The Balaban J connectivity index is 1.64. The fourth-order valence-electron chi connectivity index (χ4n) is 2.89. The summed E-state index contributed by atoms with van der Waals surface area (Å²) in [7, 11) is -2.51. The summed E-state index contributed by atoms with van der Waals surface area (Å²) >= 11 is 0. The molecule has 0 saturated heterocycles. The summed E-state index contributed by atoms with van der Waals surface area (Å²) in [6.45, 7) is 1.79. The quantitative estimate of drug-likeness (QED) is 0.413. The van der Waals surface area contributed by atoms with E-state index < -0.39 is 22.5 Å². The first-order chi connectivity index (χ1) is 14.8. The van der Waals surface area contributed by atoms with Crippen molar-refractivity contribution in [3.05, 3.63) is 66.2 Å². The number of rotatable bonds is 8. The third kappa shape index (κ3) is 5.39. The smallest absolute Gasteiger partial charge is 0.255 e. The molecule has 0 heterocycles. The van der Waals surface area contributed by atoms with E-state index in [9.17, 15) is 18.3 Å². The number of aromatic hydroxyl groups is 1. The summed E-state index contributed by atoms with van der Waals surface area (Å²) in [5, 5.41) is 15.3. The first kappa shape index (κ1) is 22.3. The number of nitrogens with one attached hydrogen (secondary N) is 1. The van der Waals surface area contributed by atoms with Crippen molar-refractivity contribution in [1.82, 2.24) is 9.73 Å². The summed E-state index contributed by atoms with van der Waals surface area (Å²) in [4.78, 5) is 12.3. The molecule has 0 radical (unpaired) electrons. The summed E-state index contributed by atoms with van der Waals surface area (Å²) < 4.78 is 31.9. The van der Waals surface area contributed by atoms with Gasteiger partial charge in [0, 0.05) is 7.05 Å². The molecule has 9 heteroatoms. The van der Waals surface area contributed by atoms with E-state index in [1.807, 2.05) is 24.3 Å². The summed E-state index contributed by atoms with van der Waals surface area (Å²) in [6.07, 6.45) is 1.37. The highest BCUT2D eigenvalue weighted by Crippen LogP contribution is 2.26. The molecule has 0 aliphatic rings. The number of hydrogen-bond acceptors (Lipinski definition) is 6. The van der Waals surface area contributed by atoms with Crippen LogP contribution in [0.15, 0.2) is 70.7 Å². The van der Waals surface area contributed by atoms with Crippen LogP contribution in [0.2, 0.25) is 0 Å². The molecule has 0 bridgehead atoms. The monoisotopic (exact) mass is 441 g/mol. The number of amides is 1. The molecule has 0 aliphatic heterocycles. The molecule has 0 saturated carbocycles. The minimum absolute atomic E-state index is 0.00329. The number of benzene rings is 3. The molecular weight excluding hydrogens is 418 g/mol. The Kier molecular flexibility index (Phi) is 6.88. The zero-order chi connectivity index (χ0) is 22.4. The van der Waals surface area contributed by atoms with Gasteiger partial charge in [-0.25, -0.2) is 13.8 Å². The van der Waals surface area contributed by atoms with Crippen molar-refractivity contribution in [2.24, 2.45) is 5.10 Å². The Labute approximate surface area is 180 Å². The maximum atomic E-state index is 12.8. The van der Waals surface area contributed by atoms with E-state index in [4.69, 9.17) is 4.74 Å². The largest absolute Gasteiger partial charge is 0.504 e. The number of fused-ring (bicyclic) bond motifs is 1. The molecule has 3 aromatic carbocycles. The molecule has 0 aromatic heterocycles. The highest BCUT2D eigenvalue weighted by molar-refractivity contribution is 7.89. The maximum Gasteiger partial charge on any atom is 0.255 e. The average Bonchev–Trinajstić information content (AvgIpc) is 2.75. The molecule has 3 rings (SSSR count). The van der Waals surface area contributed by atoms with E-state index >= 15 is 0 Å². The molecule has 2 N–H and O–H groups in total. The number of phenols is 1. The second-order valence-corrected chi connectivity index (χ2v) is 8.77. The van der Waals surface area contributed by atoms with Crippen LogP contribution in [0.1, 0.15) is 12.5 Å². The van der Waals surface area contributed by atoms with Crippen LogP contribution in [-0.4, -0.2) is 50.2 Å². The van der Waals surface area contributed by atoms with E-state index in [2.05, 4.69) is 10.5 Å². The van der Waals surface area contributed by atoms with Gasteiger partial charge in [0.05, 0.1) is 24.3 Å². The van der Waals surface area contributed by atoms with E-state index in [1.54, 1.807) is 31.2 Å². The number of phenolic OH excluding ortho intramolecular Hbond substituents is 1. The van der Waals surface area contributed by atoms with Crippen LogP contribution in [0.5, 0.6) is 11.5 Å². The lowest BCUT2D eigenvalue weighted by atomic mass is 10.1. The van der Waals surface area contributed by atoms with Gasteiger partial charge in [-0.2, -0.15) is 9.41 Å². The zero-order valence-electron chi connectivity index (χ0n) is 17.1. The number of ether oxygens (including phenoxy) is 1. The fraction of sp³-hybridized carbons (Fsp3) is 0.182. The first-order valence-corrected chi connectivity index (χ1v) is 11.0. The van der Waals surface area contributed by atoms with Crippen molar-refractivity contribution in [1.29, 1.82) is 0 Å². The first-order valence-electron chi connectivity index (χ1n) is 9.54. The maximum absolute atomic E-state index is 12.8.